The van der Waals surface area contributed by atoms with E-state index in [1.165, 1.54) is 167 Å². The van der Waals surface area contributed by atoms with Crippen LogP contribution in [0.2, 0.25) is 0 Å². The Kier molecular flexibility index (Phi) is 30.9. The number of phosphoric ester groups is 1. The molecule has 0 aromatic carbocycles. The molecule has 0 N–H and O–H groups in total. The van der Waals surface area contributed by atoms with Crippen LogP contribution in [0.15, 0.2) is 0 Å². The Hall–Kier alpha value is 0.0700. The first-order chi connectivity index (χ1) is 22.5. The Labute approximate surface area is 289 Å². The summed E-state index contributed by atoms with van der Waals surface area (Å²) in [5.74, 6) is 0.629. The monoisotopic (exact) mass is 672 g/mol. The first kappa shape index (κ1) is 44.1. The van der Waals surface area contributed by atoms with Crippen molar-refractivity contribution in [3.63, 3.8) is 0 Å². The largest absolute Gasteiger partial charge is 0.476 e. The fourth-order valence-corrected chi connectivity index (χ4v) is 8.02. The number of nitrogens with zero attached hydrogens (tertiary/aromatic N) is 1. The number of unbranched alkanes of at least 4 members (excludes halogenated alkanes) is 26. The highest BCUT2D eigenvalue weighted by atomic mass is 31.2. The van der Waals surface area contributed by atoms with Gasteiger partial charge in [0.2, 0.25) is 0 Å². The second kappa shape index (κ2) is 32.3. The van der Waals surface area contributed by atoms with Crippen molar-refractivity contribution in [2.45, 2.75) is 226 Å². The van der Waals surface area contributed by atoms with Crippen LogP contribution in [0, 0.1) is 5.92 Å². The lowest BCUT2D eigenvalue weighted by Crippen LogP contribution is -2.43. The summed E-state index contributed by atoms with van der Waals surface area (Å²) in [6.45, 7) is 11.4. The summed E-state index contributed by atoms with van der Waals surface area (Å²) in [5, 5.41) is 0. The molecule has 0 aromatic heterocycles. The molecule has 1 fully saturated rings. The van der Waals surface area contributed by atoms with Gasteiger partial charge in [0.1, 0.15) is 6.73 Å². The molecule has 0 bridgehead atoms. The molecule has 0 amide bonds. The van der Waals surface area contributed by atoms with Gasteiger partial charge in [0.05, 0.1) is 13.2 Å². The van der Waals surface area contributed by atoms with E-state index in [-0.39, 0.29) is 0 Å². The lowest BCUT2D eigenvalue weighted by molar-refractivity contribution is 0.0105. The van der Waals surface area contributed by atoms with Crippen LogP contribution in [0.3, 0.4) is 0 Å². The fraction of sp³-hybridized carbons (Fsp3) is 1.00. The summed E-state index contributed by atoms with van der Waals surface area (Å²) < 4.78 is 31.4. The first-order valence-corrected chi connectivity index (χ1v) is 22.3. The molecule has 1 aliphatic rings. The molecule has 1 rings (SSSR count). The van der Waals surface area contributed by atoms with Gasteiger partial charge in [0.15, 0.2) is 0 Å². The predicted molar refractivity (Wildman–Crippen MR) is 201 cm³/mol. The molecular weight excluding hydrogens is 589 g/mol. The summed E-state index contributed by atoms with van der Waals surface area (Å²) in [4.78, 5) is 2.30. The normalized spacial score (nSPS) is 17.7. The minimum absolute atomic E-state index is 0.334. The van der Waals surface area contributed by atoms with Crippen molar-refractivity contribution in [2.75, 3.05) is 26.5 Å². The summed E-state index contributed by atoms with van der Waals surface area (Å²) in [7, 11) is -3.55. The van der Waals surface area contributed by atoms with E-state index in [2.05, 4.69) is 32.6 Å². The van der Waals surface area contributed by atoms with Gasteiger partial charge < -0.3 is 0 Å². The first-order valence-electron chi connectivity index (χ1n) is 20.8. The molecule has 2 atom stereocenters. The quantitative estimate of drug-likeness (QED) is 0.0496. The van der Waals surface area contributed by atoms with Crippen molar-refractivity contribution in [2.24, 2.45) is 5.92 Å². The third-order valence-electron chi connectivity index (χ3n) is 10.4. The Morgan fingerprint density at radius 1 is 0.500 bits per heavy atom. The number of likely N-dealkylation sites (tertiary alicyclic amines) is 1. The van der Waals surface area contributed by atoms with Crippen molar-refractivity contribution < 1.29 is 18.1 Å². The van der Waals surface area contributed by atoms with Crippen LogP contribution in [0.5, 0.6) is 0 Å². The maximum absolute atomic E-state index is 13.6. The van der Waals surface area contributed by atoms with Gasteiger partial charge in [-0.05, 0) is 38.5 Å². The molecule has 0 aliphatic carbocycles. The number of rotatable bonds is 35. The number of hydrogen-bond acceptors (Lipinski definition) is 5. The molecule has 0 saturated carbocycles. The van der Waals surface area contributed by atoms with Gasteiger partial charge in [-0.1, -0.05) is 188 Å². The van der Waals surface area contributed by atoms with E-state index >= 15 is 0 Å². The van der Waals surface area contributed by atoms with Gasteiger partial charge in [-0.3, -0.25) is 18.5 Å². The minimum Gasteiger partial charge on any atom is -0.287 e. The van der Waals surface area contributed by atoms with Crippen molar-refractivity contribution in [3.05, 3.63) is 0 Å². The van der Waals surface area contributed by atoms with Crippen molar-refractivity contribution in [3.8, 4) is 0 Å². The predicted octanol–water partition coefficient (Wildman–Crippen LogP) is 14.2. The van der Waals surface area contributed by atoms with E-state index in [4.69, 9.17) is 13.6 Å². The molecule has 1 saturated heterocycles. The van der Waals surface area contributed by atoms with Crippen LogP contribution < -0.4 is 0 Å². The molecule has 0 radical (unpaired) electrons. The van der Waals surface area contributed by atoms with Crippen LogP contribution in [0.25, 0.3) is 0 Å². The molecule has 2 unspecified atom stereocenters. The lowest BCUT2D eigenvalue weighted by Gasteiger charge is -2.37. The zero-order valence-corrected chi connectivity index (χ0v) is 32.6. The molecule has 1 aliphatic heterocycles. The average molecular weight is 672 g/mol. The highest BCUT2D eigenvalue weighted by Gasteiger charge is 2.31. The van der Waals surface area contributed by atoms with E-state index in [9.17, 15) is 4.57 Å². The summed E-state index contributed by atoms with van der Waals surface area (Å²) in [6, 6.07) is 0.429. The molecule has 1 heterocycles. The van der Waals surface area contributed by atoms with Gasteiger partial charge in [-0.15, -0.1) is 0 Å². The molecule has 0 spiro atoms. The lowest BCUT2D eigenvalue weighted by atomic mass is 9.93. The molecular formula is C40H82NO4P. The Bertz CT molecular complexity index is 640. The van der Waals surface area contributed by atoms with Gasteiger partial charge in [0.25, 0.3) is 0 Å². The molecule has 5 nitrogen and oxygen atoms in total. The second-order valence-electron chi connectivity index (χ2n) is 14.7. The molecule has 276 valence electrons. The highest BCUT2D eigenvalue weighted by molar-refractivity contribution is 7.48. The van der Waals surface area contributed by atoms with Gasteiger partial charge in [-0.2, -0.15) is 0 Å². The van der Waals surface area contributed by atoms with E-state index in [1.807, 2.05) is 0 Å². The van der Waals surface area contributed by atoms with E-state index in [1.54, 1.807) is 0 Å². The third kappa shape index (κ3) is 26.0. The molecule has 6 heteroatoms. The number of phosphoric acid groups is 1. The Morgan fingerprint density at radius 2 is 0.826 bits per heavy atom. The van der Waals surface area contributed by atoms with E-state index < -0.39 is 7.82 Å². The van der Waals surface area contributed by atoms with Crippen LogP contribution in [-0.4, -0.2) is 37.4 Å². The van der Waals surface area contributed by atoms with Crippen molar-refractivity contribution in [1.82, 2.24) is 4.90 Å². The number of piperidine rings is 1. The number of hydrogen-bond donors (Lipinski definition) is 0. The maximum Gasteiger partial charge on any atom is 0.476 e. The van der Waals surface area contributed by atoms with Gasteiger partial charge in [-0.25, -0.2) is 4.57 Å². The van der Waals surface area contributed by atoms with Gasteiger partial charge in [0, 0.05) is 12.6 Å². The minimum atomic E-state index is -3.55. The Balaban J connectivity index is 2.17. The molecule has 46 heavy (non-hydrogen) atoms. The van der Waals surface area contributed by atoms with Crippen LogP contribution in [0.1, 0.15) is 220 Å². The van der Waals surface area contributed by atoms with Crippen molar-refractivity contribution in [1.29, 1.82) is 0 Å². The van der Waals surface area contributed by atoms with Crippen LogP contribution >= 0.6 is 7.82 Å². The maximum atomic E-state index is 13.6. The topological polar surface area (TPSA) is 48.0 Å². The zero-order chi connectivity index (χ0) is 33.4. The summed E-state index contributed by atoms with van der Waals surface area (Å²) >= 11 is 0. The fourth-order valence-electron chi connectivity index (χ4n) is 6.81. The SMILES string of the molecule is CCCCCCCCCCCCCCCCOP(=O)(OCCCCCCCCCCCCCCCC)OCN1CCCC(C)C1C. The highest BCUT2D eigenvalue weighted by Crippen LogP contribution is 2.50. The van der Waals surface area contributed by atoms with Crippen LogP contribution in [-0.2, 0) is 18.1 Å². The third-order valence-corrected chi connectivity index (χ3v) is 11.8. The Morgan fingerprint density at radius 3 is 1.17 bits per heavy atom. The van der Waals surface area contributed by atoms with Crippen molar-refractivity contribution >= 4 is 7.82 Å². The van der Waals surface area contributed by atoms with E-state index in [0.29, 0.717) is 31.9 Å². The molecule has 0 aromatic rings. The van der Waals surface area contributed by atoms with Crippen LogP contribution in [0.4, 0.5) is 0 Å². The van der Waals surface area contributed by atoms with E-state index in [0.717, 1.165) is 32.2 Å². The average Bonchev–Trinajstić information content (AvgIpc) is 3.05. The van der Waals surface area contributed by atoms with Gasteiger partial charge >= 0.3 is 7.82 Å². The summed E-state index contributed by atoms with van der Waals surface area (Å²) in [6.07, 6.45) is 39.4. The zero-order valence-electron chi connectivity index (χ0n) is 31.7. The summed E-state index contributed by atoms with van der Waals surface area (Å²) in [5.41, 5.74) is 0. The standard InChI is InChI=1S/C40H82NO4P/c1-5-7-9-11-13-15-17-19-21-23-25-27-29-31-36-43-46(42,45-38-41-35-33-34-39(3)40(41)4)44-37-32-30-28-26-24-22-20-18-16-14-12-10-8-6-2/h39-40H,5-38H2,1-4H3. The second-order valence-corrected chi connectivity index (χ2v) is 16.4. The smallest absolute Gasteiger partial charge is 0.287 e.